The minimum absolute atomic E-state index is 0.0564. The molecule has 7 nitrogen and oxygen atoms in total. The molecule has 0 amide bonds. The fraction of sp³-hybridized carbons (Fsp3) is 0.250. The maximum absolute atomic E-state index is 12.9. The van der Waals surface area contributed by atoms with Crippen molar-refractivity contribution in [1.82, 2.24) is 0 Å². The molecule has 0 bridgehead atoms. The number of methoxy groups -OCH3 is 2. The number of fused-ring (bicyclic) bond motifs is 3. The lowest BCUT2D eigenvalue weighted by Crippen LogP contribution is -2.45. The van der Waals surface area contributed by atoms with Crippen molar-refractivity contribution < 1.29 is 27.9 Å². The molecule has 138 valence electrons. The van der Waals surface area contributed by atoms with Gasteiger partial charge in [-0.15, -0.1) is 0 Å². The SMILES string of the molecule is COC(=O)C1(C(=O)OC)Cc2c(c(=O)oc3ccccc23)[C@@H]1c1ccco1. The first-order valence-electron chi connectivity index (χ1n) is 8.29. The van der Waals surface area contributed by atoms with Gasteiger partial charge < -0.3 is 18.3 Å². The number of hydrogen-bond donors (Lipinski definition) is 0. The van der Waals surface area contributed by atoms with Gasteiger partial charge in [-0.1, -0.05) is 18.2 Å². The maximum Gasteiger partial charge on any atom is 0.340 e. The Hall–Kier alpha value is -3.35. The Kier molecular flexibility index (Phi) is 3.87. The fourth-order valence-electron chi connectivity index (χ4n) is 4.01. The van der Waals surface area contributed by atoms with Crippen LogP contribution in [0.3, 0.4) is 0 Å². The molecule has 0 saturated carbocycles. The molecule has 0 spiro atoms. The van der Waals surface area contributed by atoms with Crippen molar-refractivity contribution >= 4 is 22.9 Å². The van der Waals surface area contributed by atoms with Gasteiger partial charge in [0.05, 0.1) is 32.0 Å². The number of ether oxygens (including phenoxy) is 2. The first-order chi connectivity index (χ1) is 13.0. The molecular formula is C20H16O7. The Balaban J connectivity index is 2.11. The van der Waals surface area contributed by atoms with E-state index in [1.54, 1.807) is 36.4 Å². The van der Waals surface area contributed by atoms with Crippen molar-refractivity contribution in [3.63, 3.8) is 0 Å². The number of esters is 2. The van der Waals surface area contributed by atoms with Crippen molar-refractivity contribution in [2.75, 3.05) is 14.2 Å². The zero-order valence-electron chi connectivity index (χ0n) is 14.7. The molecule has 0 aliphatic heterocycles. The summed E-state index contributed by atoms with van der Waals surface area (Å²) in [5.74, 6) is -2.32. The largest absolute Gasteiger partial charge is 0.469 e. The number of para-hydroxylation sites is 1. The monoisotopic (exact) mass is 368 g/mol. The van der Waals surface area contributed by atoms with E-state index in [9.17, 15) is 14.4 Å². The molecule has 1 aromatic carbocycles. The summed E-state index contributed by atoms with van der Waals surface area (Å²) in [5, 5.41) is 0.651. The van der Waals surface area contributed by atoms with Crippen LogP contribution in [0.1, 0.15) is 22.8 Å². The first-order valence-corrected chi connectivity index (χ1v) is 8.29. The van der Waals surface area contributed by atoms with Crippen LogP contribution in [0.4, 0.5) is 0 Å². The second-order valence-corrected chi connectivity index (χ2v) is 6.36. The molecule has 7 heteroatoms. The normalized spacial score (nSPS) is 17.5. The van der Waals surface area contributed by atoms with E-state index < -0.39 is 28.9 Å². The highest BCUT2D eigenvalue weighted by Gasteiger charge is 2.62. The van der Waals surface area contributed by atoms with E-state index in [-0.39, 0.29) is 17.7 Å². The van der Waals surface area contributed by atoms with Crippen molar-refractivity contribution in [3.05, 3.63) is 70.0 Å². The second-order valence-electron chi connectivity index (χ2n) is 6.36. The topological polar surface area (TPSA) is 96.0 Å². The smallest absolute Gasteiger partial charge is 0.340 e. The molecule has 0 fully saturated rings. The molecule has 2 heterocycles. The van der Waals surface area contributed by atoms with E-state index in [0.29, 0.717) is 16.5 Å². The number of rotatable bonds is 3. The van der Waals surface area contributed by atoms with Crippen molar-refractivity contribution in [2.45, 2.75) is 12.3 Å². The van der Waals surface area contributed by atoms with Crippen LogP contribution < -0.4 is 5.63 Å². The van der Waals surface area contributed by atoms with Gasteiger partial charge in [-0.05, 0) is 23.8 Å². The van der Waals surface area contributed by atoms with E-state index in [1.807, 2.05) is 0 Å². The highest BCUT2D eigenvalue weighted by Crippen LogP contribution is 2.52. The van der Waals surface area contributed by atoms with Gasteiger partial charge in [0.25, 0.3) is 0 Å². The van der Waals surface area contributed by atoms with Crippen LogP contribution >= 0.6 is 0 Å². The Morgan fingerprint density at radius 3 is 2.41 bits per heavy atom. The minimum Gasteiger partial charge on any atom is -0.469 e. The summed E-state index contributed by atoms with van der Waals surface area (Å²) in [7, 11) is 2.38. The number of benzene rings is 1. The standard InChI is InChI=1S/C20H16O7/c1-24-18(22)20(19(23)25-2)10-12-11-6-3-4-7-13(11)27-17(21)15(12)16(20)14-8-5-9-26-14/h3-9,16H,10H2,1-2H3/t16-/m0/s1. The summed E-state index contributed by atoms with van der Waals surface area (Å²) in [4.78, 5) is 38.5. The van der Waals surface area contributed by atoms with Gasteiger partial charge in [0.1, 0.15) is 11.3 Å². The van der Waals surface area contributed by atoms with Gasteiger partial charge in [0.2, 0.25) is 0 Å². The fourth-order valence-corrected chi connectivity index (χ4v) is 4.01. The van der Waals surface area contributed by atoms with Crippen LogP contribution in [0.5, 0.6) is 0 Å². The minimum atomic E-state index is -1.78. The van der Waals surface area contributed by atoms with Gasteiger partial charge >= 0.3 is 17.6 Å². The lowest BCUT2D eigenvalue weighted by atomic mass is 9.74. The number of furan rings is 1. The molecule has 2 aromatic heterocycles. The van der Waals surface area contributed by atoms with E-state index in [0.717, 1.165) is 0 Å². The van der Waals surface area contributed by atoms with Crippen LogP contribution in [0.25, 0.3) is 11.0 Å². The molecule has 3 aromatic rings. The van der Waals surface area contributed by atoms with Crippen molar-refractivity contribution in [1.29, 1.82) is 0 Å². The molecular weight excluding hydrogens is 352 g/mol. The lowest BCUT2D eigenvalue weighted by molar-refractivity contribution is -0.169. The van der Waals surface area contributed by atoms with E-state index in [4.69, 9.17) is 18.3 Å². The molecule has 0 N–H and O–H groups in total. The average molecular weight is 368 g/mol. The van der Waals surface area contributed by atoms with Gasteiger partial charge in [0.15, 0.2) is 5.41 Å². The molecule has 1 atom stereocenters. The predicted molar refractivity (Wildman–Crippen MR) is 93.2 cm³/mol. The zero-order valence-corrected chi connectivity index (χ0v) is 14.7. The highest BCUT2D eigenvalue weighted by molar-refractivity contribution is 6.04. The summed E-state index contributed by atoms with van der Waals surface area (Å²) in [5.41, 5.74) is -1.26. The van der Waals surface area contributed by atoms with Crippen LogP contribution in [0, 0.1) is 5.41 Å². The Bertz CT molecular complexity index is 1080. The number of hydrogen-bond acceptors (Lipinski definition) is 7. The molecule has 1 aliphatic rings. The summed E-state index contributed by atoms with van der Waals surface area (Å²) in [6.45, 7) is 0. The van der Waals surface area contributed by atoms with Crippen molar-refractivity contribution in [3.8, 4) is 0 Å². The first kappa shape index (κ1) is 17.1. The van der Waals surface area contributed by atoms with Gasteiger partial charge in [-0.2, -0.15) is 0 Å². The molecule has 0 radical (unpaired) electrons. The van der Waals surface area contributed by atoms with Crippen LogP contribution in [-0.2, 0) is 25.5 Å². The second kappa shape index (κ2) is 6.12. The zero-order chi connectivity index (χ0) is 19.2. The molecule has 27 heavy (non-hydrogen) atoms. The number of carbonyl (C=O) groups excluding carboxylic acids is 2. The summed E-state index contributed by atoms with van der Waals surface area (Å²) in [6.07, 6.45) is 1.36. The predicted octanol–water partition coefficient (Wildman–Crippen LogP) is 2.41. The van der Waals surface area contributed by atoms with E-state index in [2.05, 4.69) is 0 Å². The van der Waals surface area contributed by atoms with Gasteiger partial charge in [-0.3, -0.25) is 9.59 Å². The van der Waals surface area contributed by atoms with Crippen LogP contribution in [0.15, 0.2) is 56.3 Å². The average Bonchev–Trinajstić information content (AvgIpc) is 3.33. The third-order valence-corrected chi connectivity index (χ3v) is 5.12. The van der Waals surface area contributed by atoms with E-state index >= 15 is 0 Å². The third-order valence-electron chi connectivity index (χ3n) is 5.12. The lowest BCUT2D eigenvalue weighted by Gasteiger charge is -2.28. The van der Waals surface area contributed by atoms with Crippen molar-refractivity contribution in [2.24, 2.45) is 5.41 Å². The number of carbonyl (C=O) groups is 2. The summed E-state index contributed by atoms with van der Waals surface area (Å²) < 4.78 is 20.9. The Labute approximate surface area is 153 Å². The maximum atomic E-state index is 12.9. The molecule has 4 rings (SSSR count). The summed E-state index contributed by atoms with van der Waals surface area (Å²) >= 11 is 0. The highest BCUT2D eigenvalue weighted by atomic mass is 16.5. The summed E-state index contributed by atoms with van der Waals surface area (Å²) in [6, 6.07) is 10.2. The Morgan fingerprint density at radius 2 is 1.78 bits per heavy atom. The molecule has 1 aliphatic carbocycles. The van der Waals surface area contributed by atoms with E-state index in [1.165, 1.54) is 20.5 Å². The van der Waals surface area contributed by atoms with Gasteiger partial charge in [0, 0.05) is 11.8 Å². The quantitative estimate of drug-likeness (QED) is 0.398. The molecule has 0 unspecified atom stereocenters. The van der Waals surface area contributed by atoms with Crippen LogP contribution in [0.2, 0.25) is 0 Å². The Morgan fingerprint density at radius 1 is 1.07 bits per heavy atom. The molecule has 0 saturated heterocycles. The van der Waals surface area contributed by atoms with Gasteiger partial charge in [-0.25, -0.2) is 4.79 Å². The third kappa shape index (κ3) is 2.24. The van der Waals surface area contributed by atoms with Crippen LogP contribution in [-0.4, -0.2) is 26.2 Å².